The zero-order valence-corrected chi connectivity index (χ0v) is 54.1. The third kappa shape index (κ3) is 17.9. The molecule has 86 heavy (non-hydrogen) atoms. The van der Waals surface area contributed by atoms with E-state index in [9.17, 15) is 19.2 Å². The van der Waals surface area contributed by atoms with E-state index in [0.717, 1.165) is 24.0 Å². The van der Waals surface area contributed by atoms with Crippen molar-refractivity contribution in [3.63, 3.8) is 0 Å². The highest BCUT2D eigenvalue weighted by Gasteiger charge is 2.40. The van der Waals surface area contributed by atoms with E-state index in [2.05, 4.69) is 26.3 Å². The quantitative estimate of drug-likeness (QED) is 0.0243. The van der Waals surface area contributed by atoms with Crippen LogP contribution in [0.4, 0.5) is 0 Å². The molecule has 0 bridgehead atoms. The van der Waals surface area contributed by atoms with Gasteiger partial charge in [-0.15, -0.1) is 0 Å². The van der Waals surface area contributed by atoms with Crippen LogP contribution in [-0.4, -0.2) is 89.9 Å². The minimum absolute atomic E-state index is 0.108. The van der Waals surface area contributed by atoms with E-state index in [0.29, 0.717) is 110 Å². The smallest absolute Gasteiger partial charge is 0.338 e. The highest BCUT2D eigenvalue weighted by Crippen LogP contribution is 2.57. The van der Waals surface area contributed by atoms with E-state index in [1.165, 1.54) is 0 Å². The molecule has 18 nitrogen and oxygen atoms in total. The number of benzene rings is 4. The molecule has 0 atom stereocenters. The molecule has 472 valence electrons. The Labute approximate surface area is 509 Å². The maximum Gasteiger partial charge on any atom is 0.338 e. The van der Waals surface area contributed by atoms with Crippen LogP contribution >= 0.6 is 0 Å². The maximum atomic E-state index is 12.7. The van der Waals surface area contributed by atoms with Gasteiger partial charge in [-0.3, -0.25) is 0 Å². The van der Waals surface area contributed by atoms with Gasteiger partial charge in [-0.05, 0) is 120 Å². The van der Waals surface area contributed by atoms with Gasteiger partial charge in [0.15, 0.2) is 46.0 Å². The van der Waals surface area contributed by atoms with Gasteiger partial charge in [0.2, 0.25) is 34.5 Å². The summed E-state index contributed by atoms with van der Waals surface area (Å²) in [6.45, 7) is 50.9. The van der Waals surface area contributed by atoms with Gasteiger partial charge in [-0.1, -0.05) is 80.0 Å². The monoisotopic (exact) mass is 1200 g/mol. The first-order valence-corrected chi connectivity index (χ1v) is 29.3. The van der Waals surface area contributed by atoms with Gasteiger partial charge in [0.25, 0.3) is 0 Å². The van der Waals surface area contributed by atoms with Crippen LogP contribution in [0.5, 0.6) is 80.5 Å². The lowest BCUT2D eigenvalue weighted by atomic mass is 9.76. The molecule has 0 heterocycles. The molecule has 4 aromatic rings. The molecular formula is C68H92O18. The largest absolute Gasteiger partial charge is 0.490 e. The summed E-state index contributed by atoms with van der Waals surface area (Å²) >= 11 is 0. The Kier molecular flexibility index (Phi) is 28.5. The number of hydrogen-bond acceptors (Lipinski definition) is 18. The molecule has 0 fully saturated rings. The average molecular weight is 1200 g/mol. The van der Waals surface area contributed by atoms with Crippen LogP contribution in [0.25, 0.3) is 0 Å². The lowest BCUT2D eigenvalue weighted by Gasteiger charge is -2.33. The molecule has 0 unspecified atom stereocenters. The fourth-order valence-corrected chi connectivity index (χ4v) is 8.49. The number of rotatable bonds is 34. The second kappa shape index (κ2) is 34.0. The van der Waals surface area contributed by atoms with E-state index >= 15 is 0 Å². The molecule has 0 spiro atoms. The molecular weight excluding hydrogens is 1100 g/mol. The Hall–Kier alpha value is -8.28. The van der Waals surface area contributed by atoms with Gasteiger partial charge in [-0.25, -0.2) is 19.2 Å². The first-order valence-electron chi connectivity index (χ1n) is 29.3. The molecule has 18 heteroatoms. The molecule has 0 N–H and O–H groups in total. The zero-order chi connectivity index (χ0) is 64.6. The van der Waals surface area contributed by atoms with Crippen molar-refractivity contribution in [2.24, 2.45) is 0 Å². The number of hydrogen-bond donors (Lipinski definition) is 0. The molecule has 4 aromatic carbocycles. The lowest BCUT2D eigenvalue weighted by Crippen LogP contribution is -2.24. The fraction of sp³-hybridized carbons (Fsp3) is 0.471. The van der Waals surface area contributed by atoms with E-state index in [1.54, 1.807) is 52.0 Å². The number of ether oxygens (including phenoxy) is 14. The van der Waals surface area contributed by atoms with Crippen molar-refractivity contribution in [3.8, 4) is 80.5 Å². The van der Waals surface area contributed by atoms with E-state index in [4.69, 9.17) is 66.3 Å². The number of esters is 4. The topological polar surface area (TPSA) is 197 Å². The Balaban J connectivity index is 0.000000451. The average Bonchev–Trinajstić information content (AvgIpc) is 0.837. The SMILES string of the molecule is C=C(C)C(=O)Oc1ccc(C(C)(C)c2cc(OCC)c(OC(=O)C(=C)C)c(OCC)c2OCC)c(OCC)c1OCC.C=C(C)C(=O)Oc1ccc(C(C)(C)c2cc(OCC)c(OC(=O)C(=C)C)c(OCC)c2OCC)c(OCCC)c1OCCC. The first kappa shape index (κ1) is 72.0. The Morgan fingerprint density at radius 3 is 0.872 bits per heavy atom. The summed E-state index contributed by atoms with van der Waals surface area (Å²) in [7, 11) is 0. The number of carbonyl (C=O) groups is 4. The van der Waals surface area contributed by atoms with Crippen LogP contribution in [0.2, 0.25) is 0 Å². The van der Waals surface area contributed by atoms with Crippen LogP contribution in [0.1, 0.15) is 160 Å². The molecule has 0 saturated carbocycles. The summed E-state index contributed by atoms with van der Waals surface area (Å²) in [5.74, 6) is 1.60. The summed E-state index contributed by atoms with van der Waals surface area (Å²) in [6.07, 6.45) is 1.46. The Bertz CT molecular complexity index is 3050. The standard InChI is InChI=1S/C35H48O9.C33H44O9/c1-12-19-41-28-24(17-18-26(30(28)42-20-13-2)43-33(36)22(6)7)35(10,11)25-21-27(38-14-3)31(44-34(37)23(8)9)32(40-16-5)29(25)39-15-4;1-12-36-25-19-23(27(38-14-3)30(40-16-5)29(25)42-32(35)21(8)9)33(10,11)22-17-18-24(41-31(34)20(6)7)28(39-15-4)26(22)37-13-2/h17-18,21H,6,8,12-16,19-20H2,1-5,7,9-11H3;17-19H,6,8,12-16H2,1-5,7,9-11H3. The van der Waals surface area contributed by atoms with E-state index in [1.807, 2.05) is 109 Å². The van der Waals surface area contributed by atoms with E-state index < -0.39 is 34.7 Å². The van der Waals surface area contributed by atoms with Crippen LogP contribution in [0.15, 0.2) is 85.0 Å². The van der Waals surface area contributed by atoms with Gasteiger partial charge >= 0.3 is 23.9 Å². The minimum atomic E-state index is -0.830. The Morgan fingerprint density at radius 2 is 0.570 bits per heavy atom. The van der Waals surface area contributed by atoms with Crippen molar-refractivity contribution in [3.05, 3.63) is 107 Å². The normalized spacial score (nSPS) is 10.9. The molecule has 0 aliphatic rings. The molecule has 0 radical (unpaired) electrons. The molecule has 0 saturated heterocycles. The van der Waals surface area contributed by atoms with Crippen LogP contribution in [0, 0.1) is 0 Å². The highest BCUT2D eigenvalue weighted by molar-refractivity contribution is 5.92. The summed E-state index contributed by atoms with van der Waals surface area (Å²) in [4.78, 5) is 50.2. The summed E-state index contributed by atoms with van der Waals surface area (Å²) in [5.41, 5.74) is 2.13. The summed E-state index contributed by atoms with van der Waals surface area (Å²) < 4.78 is 83.9. The fourth-order valence-electron chi connectivity index (χ4n) is 8.49. The van der Waals surface area contributed by atoms with Crippen molar-refractivity contribution in [1.82, 2.24) is 0 Å². The molecule has 4 rings (SSSR count). The third-order valence-electron chi connectivity index (χ3n) is 12.6. The van der Waals surface area contributed by atoms with Gasteiger partial charge in [0.1, 0.15) is 0 Å². The zero-order valence-electron chi connectivity index (χ0n) is 54.1. The van der Waals surface area contributed by atoms with E-state index in [-0.39, 0.29) is 70.0 Å². The van der Waals surface area contributed by atoms with Gasteiger partial charge in [0, 0.05) is 55.4 Å². The first-order chi connectivity index (χ1) is 40.8. The van der Waals surface area contributed by atoms with Crippen LogP contribution in [-0.2, 0) is 30.0 Å². The van der Waals surface area contributed by atoms with Crippen molar-refractivity contribution in [1.29, 1.82) is 0 Å². The van der Waals surface area contributed by atoms with Crippen LogP contribution < -0.4 is 66.3 Å². The summed E-state index contributed by atoms with van der Waals surface area (Å²) in [5, 5.41) is 0. The molecule has 0 aliphatic heterocycles. The lowest BCUT2D eigenvalue weighted by molar-refractivity contribution is -0.131. The second-order valence-electron chi connectivity index (χ2n) is 20.4. The van der Waals surface area contributed by atoms with Crippen LogP contribution in [0.3, 0.4) is 0 Å². The predicted octanol–water partition coefficient (Wildman–Crippen LogP) is 14.7. The second-order valence-corrected chi connectivity index (χ2v) is 20.4. The van der Waals surface area contributed by atoms with Gasteiger partial charge in [0.05, 0.1) is 66.1 Å². The maximum absolute atomic E-state index is 12.7. The van der Waals surface area contributed by atoms with Crippen molar-refractivity contribution in [2.75, 3.05) is 66.1 Å². The van der Waals surface area contributed by atoms with Crippen molar-refractivity contribution in [2.45, 2.75) is 148 Å². The summed E-state index contributed by atoms with van der Waals surface area (Å²) in [6, 6.07) is 10.6. The molecule has 0 amide bonds. The highest BCUT2D eigenvalue weighted by atomic mass is 16.6. The molecule has 0 aliphatic carbocycles. The van der Waals surface area contributed by atoms with Crippen molar-refractivity contribution < 1.29 is 85.5 Å². The van der Waals surface area contributed by atoms with Gasteiger partial charge < -0.3 is 66.3 Å². The van der Waals surface area contributed by atoms with Crippen molar-refractivity contribution >= 4 is 23.9 Å². The Morgan fingerprint density at radius 1 is 0.314 bits per heavy atom. The molecule has 0 aromatic heterocycles. The minimum Gasteiger partial charge on any atom is -0.490 e. The third-order valence-corrected chi connectivity index (χ3v) is 12.6. The predicted molar refractivity (Wildman–Crippen MR) is 333 cm³/mol. The number of carbonyl (C=O) groups excluding carboxylic acids is 4. The van der Waals surface area contributed by atoms with Gasteiger partial charge in [-0.2, -0.15) is 0 Å².